The summed E-state index contributed by atoms with van der Waals surface area (Å²) in [7, 11) is 1.18. The van der Waals surface area contributed by atoms with Crippen molar-refractivity contribution < 1.29 is 58.6 Å². The molecule has 0 bridgehead atoms. The average molecular weight is 423 g/mol. The van der Waals surface area contributed by atoms with Gasteiger partial charge in [0.05, 0.1) is 12.1 Å². The molecule has 1 saturated heterocycles. The number of carbonyl (C=O) groups is 4. The monoisotopic (exact) mass is 423 g/mol. The number of methoxy groups -OCH3 is 1. The summed E-state index contributed by atoms with van der Waals surface area (Å²) in [5.74, 6) is -7.20. The third-order valence-electron chi connectivity index (χ3n) is 4.14. The highest BCUT2D eigenvalue weighted by Gasteiger charge is 2.55. The molecule has 1 rings (SSSR count). The molecule has 13 heteroatoms. The molecule has 0 radical (unpaired) electrons. The maximum Gasteiger partial charge on any atom is 0.364 e. The first kappa shape index (κ1) is 24.7. The highest BCUT2D eigenvalue weighted by molar-refractivity contribution is 5.78. The number of amides is 1. The summed E-state index contributed by atoms with van der Waals surface area (Å²) in [5.41, 5.74) is 0. The van der Waals surface area contributed by atoms with Gasteiger partial charge < -0.3 is 44.7 Å². The average Bonchev–Trinajstić information content (AvgIpc) is 2.62. The minimum atomic E-state index is -2.87. The lowest BCUT2D eigenvalue weighted by Crippen LogP contribution is -2.68. The van der Waals surface area contributed by atoms with Crippen LogP contribution in [0.5, 0.6) is 0 Å². The zero-order valence-electron chi connectivity index (χ0n) is 16.1. The van der Waals surface area contributed by atoms with Gasteiger partial charge in [0.1, 0.15) is 25.4 Å². The molecule has 0 aromatic carbocycles. The maximum absolute atomic E-state index is 11.7. The summed E-state index contributed by atoms with van der Waals surface area (Å²) in [6.45, 7) is 0.724. The fraction of sp³-hybridized carbons (Fsp3) is 0.750. The van der Waals surface area contributed by atoms with Crippen LogP contribution in [-0.2, 0) is 38.1 Å². The molecule has 29 heavy (non-hydrogen) atoms. The van der Waals surface area contributed by atoms with Crippen molar-refractivity contribution in [2.75, 3.05) is 20.3 Å². The summed E-state index contributed by atoms with van der Waals surface area (Å²) in [6, 6.07) is -1.41. The van der Waals surface area contributed by atoms with Crippen molar-refractivity contribution in [1.82, 2.24) is 5.32 Å². The Labute approximate surface area is 165 Å². The number of hydrogen-bond acceptors (Lipinski definition) is 11. The molecule has 1 fully saturated rings. The van der Waals surface area contributed by atoms with Crippen LogP contribution >= 0.6 is 0 Å². The molecule has 0 aromatic rings. The normalized spacial score (nSPS) is 28.7. The smallest absolute Gasteiger partial charge is 0.364 e. The minimum absolute atomic E-state index is 0.452. The first-order valence-corrected chi connectivity index (χ1v) is 8.50. The van der Waals surface area contributed by atoms with Crippen molar-refractivity contribution in [2.24, 2.45) is 0 Å². The van der Waals surface area contributed by atoms with Crippen LogP contribution in [0, 0.1) is 0 Å². The Kier molecular flexibility index (Phi) is 8.91. The topological polar surface area (TPSA) is 198 Å². The molecule has 5 N–H and O–H groups in total. The van der Waals surface area contributed by atoms with Gasteiger partial charge in [0.25, 0.3) is 5.79 Å². The molecule has 166 valence electrons. The van der Waals surface area contributed by atoms with E-state index in [4.69, 9.17) is 24.1 Å². The number of aliphatic carboxylic acids is 1. The second kappa shape index (κ2) is 10.5. The lowest BCUT2D eigenvalue weighted by atomic mass is 9.88. The third kappa shape index (κ3) is 6.61. The largest absolute Gasteiger partial charge is 0.477 e. The van der Waals surface area contributed by atoms with E-state index in [0.29, 0.717) is 0 Å². The Morgan fingerprint density at radius 3 is 2.31 bits per heavy atom. The Balaban J connectivity index is 3.35. The van der Waals surface area contributed by atoms with E-state index in [0.717, 1.165) is 13.8 Å². The van der Waals surface area contributed by atoms with Gasteiger partial charge in [-0.15, -0.1) is 0 Å². The predicted molar refractivity (Wildman–Crippen MR) is 90.1 cm³/mol. The molecule has 0 aromatic heterocycles. The Bertz CT molecular complexity index is 625. The number of carboxylic acids is 1. The van der Waals surface area contributed by atoms with E-state index in [1.807, 2.05) is 0 Å². The second-order valence-electron chi connectivity index (χ2n) is 6.35. The Morgan fingerprint density at radius 2 is 1.86 bits per heavy atom. The van der Waals surface area contributed by atoms with Crippen molar-refractivity contribution >= 4 is 23.8 Å². The molecule has 1 heterocycles. The highest BCUT2D eigenvalue weighted by Crippen LogP contribution is 2.32. The number of hydrogen-bond donors (Lipinski definition) is 5. The van der Waals surface area contributed by atoms with E-state index in [9.17, 15) is 34.5 Å². The molecule has 6 atom stereocenters. The van der Waals surface area contributed by atoms with Crippen molar-refractivity contribution in [3.05, 3.63) is 0 Å². The summed E-state index contributed by atoms with van der Waals surface area (Å²) >= 11 is 0. The first-order chi connectivity index (χ1) is 13.4. The van der Waals surface area contributed by atoms with E-state index in [2.05, 4.69) is 5.32 Å². The number of carbonyl (C=O) groups excluding carboxylic acids is 3. The molecule has 0 saturated carbocycles. The summed E-state index contributed by atoms with van der Waals surface area (Å²) < 4.78 is 20.3. The number of aliphatic hydroxyl groups is 3. The van der Waals surface area contributed by atoms with Crippen molar-refractivity contribution in [3.63, 3.8) is 0 Å². The molecule has 0 spiro atoms. The highest BCUT2D eigenvalue weighted by atomic mass is 16.7. The molecular formula is C16H25NO12. The van der Waals surface area contributed by atoms with Crippen LogP contribution in [-0.4, -0.2) is 101 Å². The van der Waals surface area contributed by atoms with Gasteiger partial charge >= 0.3 is 17.9 Å². The van der Waals surface area contributed by atoms with E-state index < -0.39 is 79.7 Å². The van der Waals surface area contributed by atoms with Crippen molar-refractivity contribution in [3.8, 4) is 0 Å². The van der Waals surface area contributed by atoms with Crippen LogP contribution in [0.4, 0.5) is 0 Å². The maximum atomic E-state index is 11.7. The number of carboxylic acid groups (broad SMARTS) is 1. The lowest BCUT2D eigenvalue weighted by molar-refractivity contribution is -0.297. The van der Waals surface area contributed by atoms with E-state index in [1.165, 1.54) is 7.11 Å². The third-order valence-corrected chi connectivity index (χ3v) is 4.14. The van der Waals surface area contributed by atoms with Gasteiger partial charge in [0.15, 0.2) is 6.10 Å². The molecule has 1 unspecified atom stereocenters. The van der Waals surface area contributed by atoms with E-state index in [-0.39, 0.29) is 0 Å². The van der Waals surface area contributed by atoms with Crippen LogP contribution < -0.4 is 5.32 Å². The van der Waals surface area contributed by atoms with Crippen LogP contribution in [0.25, 0.3) is 0 Å². The number of rotatable bonds is 9. The standard InChI is InChI=1S/C16H25NO12/c1-7(19)27-6-10(26-3)13(28-8(2)20)14-12(17-11(22)5-18)9(21)4-16(25,29-14)15(23)24/h9-10,12-14,18,21,25H,4-6H2,1-3H3,(H,17,22)(H,23,24)/t9-,10+,12+,13+,14+,16?/m0/s1. The van der Waals surface area contributed by atoms with Gasteiger partial charge in [-0.25, -0.2) is 4.79 Å². The molecule has 0 aliphatic carbocycles. The lowest BCUT2D eigenvalue weighted by Gasteiger charge is -2.45. The van der Waals surface area contributed by atoms with E-state index >= 15 is 0 Å². The van der Waals surface area contributed by atoms with Crippen LogP contribution in [0.2, 0.25) is 0 Å². The van der Waals surface area contributed by atoms with Gasteiger partial charge in [-0.05, 0) is 0 Å². The minimum Gasteiger partial charge on any atom is -0.477 e. The molecule has 1 amide bonds. The number of aliphatic hydroxyl groups excluding tert-OH is 2. The quantitative estimate of drug-likeness (QED) is 0.234. The fourth-order valence-corrected chi connectivity index (χ4v) is 2.84. The SMILES string of the molecule is CO[C@H](COC(C)=O)[C@@H](OC(C)=O)[C@@H]1OC(O)(C(=O)O)C[C@H](O)[C@H]1NC(=O)CO. The number of nitrogens with one attached hydrogen (secondary N) is 1. The van der Waals surface area contributed by atoms with Crippen LogP contribution in [0.15, 0.2) is 0 Å². The Hall–Kier alpha value is -2.32. The zero-order valence-corrected chi connectivity index (χ0v) is 16.1. The fourth-order valence-electron chi connectivity index (χ4n) is 2.84. The van der Waals surface area contributed by atoms with Gasteiger partial charge in [-0.3, -0.25) is 14.4 Å². The Morgan fingerprint density at radius 1 is 1.24 bits per heavy atom. The molecule has 13 nitrogen and oxygen atoms in total. The van der Waals surface area contributed by atoms with Gasteiger partial charge in [0, 0.05) is 27.4 Å². The first-order valence-electron chi connectivity index (χ1n) is 8.50. The van der Waals surface area contributed by atoms with Crippen LogP contribution in [0.1, 0.15) is 20.3 Å². The van der Waals surface area contributed by atoms with Gasteiger partial charge in [-0.2, -0.15) is 0 Å². The number of ether oxygens (including phenoxy) is 4. The summed E-state index contributed by atoms with van der Waals surface area (Å²) in [4.78, 5) is 45.8. The van der Waals surface area contributed by atoms with Crippen molar-refractivity contribution in [2.45, 2.75) is 56.5 Å². The van der Waals surface area contributed by atoms with Gasteiger partial charge in [-0.1, -0.05) is 0 Å². The zero-order chi connectivity index (χ0) is 22.4. The van der Waals surface area contributed by atoms with Gasteiger partial charge in [0.2, 0.25) is 5.91 Å². The second-order valence-corrected chi connectivity index (χ2v) is 6.35. The molecule has 1 aliphatic rings. The molecule has 1 aliphatic heterocycles. The van der Waals surface area contributed by atoms with E-state index in [1.54, 1.807) is 0 Å². The summed E-state index contributed by atoms with van der Waals surface area (Å²) in [5, 5.41) is 41.1. The van der Waals surface area contributed by atoms with Crippen LogP contribution in [0.3, 0.4) is 0 Å². The summed E-state index contributed by atoms with van der Waals surface area (Å²) in [6.07, 6.45) is -6.90. The molecular weight excluding hydrogens is 398 g/mol. The van der Waals surface area contributed by atoms with Crippen molar-refractivity contribution in [1.29, 1.82) is 0 Å². The number of esters is 2. The predicted octanol–water partition coefficient (Wildman–Crippen LogP) is -3.10.